The fourth-order valence-electron chi connectivity index (χ4n) is 2.73. The Morgan fingerprint density at radius 1 is 1.42 bits per heavy atom. The van der Waals surface area contributed by atoms with Crippen LogP contribution in [0, 0.1) is 5.92 Å². The average molecular weight is 262 g/mol. The van der Waals surface area contributed by atoms with Crippen molar-refractivity contribution in [3.63, 3.8) is 0 Å². The van der Waals surface area contributed by atoms with Crippen molar-refractivity contribution in [3.05, 3.63) is 35.4 Å². The molecule has 4 nitrogen and oxygen atoms in total. The molecule has 1 atom stereocenters. The van der Waals surface area contributed by atoms with Crippen molar-refractivity contribution >= 4 is 5.91 Å². The highest BCUT2D eigenvalue weighted by Gasteiger charge is 2.23. The third kappa shape index (κ3) is 3.55. The van der Waals surface area contributed by atoms with E-state index in [-0.39, 0.29) is 12.0 Å². The summed E-state index contributed by atoms with van der Waals surface area (Å²) < 4.78 is 0. The maximum atomic E-state index is 11.4. The Morgan fingerprint density at radius 2 is 2.05 bits per heavy atom. The molecule has 1 aliphatic rings. The summed E-state index contributed by atoms with van der Waals surface area (Å²) in [6, 6.07) is 7.51. The van der Waals surface area contributed by atoms with Crippen LogP contribution in [0.1, 0.15) is 35.7 Å². The smallest absolute Gasteiger partial charge is 0.249 e. The summed E-state index contributed by atoms with van der Waals surface area (Å²) in [5, 5.41) is 9.59. The Kier molecular flexibility index (Phi) is 4.56. The van der Waals surface area contributed by atoms with Crippen LogP contribution in [0.3, 0.4) is 0 Å². The minimum atomic E-state index is -0.366. The van der Waals surface area contributed by atoms with Gasteiger partial charge in [0, 0.05) is 12.1 Å². The first kappa shape index (κ1) is 14.0. The second kappa shape index (κ2) is 6.17. The Bertz CT molecular complexity index is 438. The van der Waals surface area contributed by atoms with E-state index in [1.165, 1.54) is 0 Å². The number of aliphatic hydroxyl groups is 1. The first-order chi connectivity index (χ1) is 9.08. The van der Waals surface area contributed by atoms with E-state index in [2.05, 4.69) is 4.90 Å². The van der Waals surface area contributed by atoms with E-state index in [9.17, 15) is 9.90 Å². The van der Waals surface area contributed by atoms with Gasteiger partial charge in [0.25, 0.3) is 0 Å². The fourth-order valence-corrected chi connectivity index (χ4v) is 2.73. The Hall–Kier alpha value is -1.39. The zero-order valence-electron chi connectivity index (χ0n) is 11.4. The van der Waals surface area contributed by atoms with Crippen LogP contribution in [-0.4, -0.2) is 35.1 Å². The monoisotopic (exact) mass is 262 g/mol. The molecule has 1 heterocycles. The summed E-state index contributed by atoms with van der Waals surface area (Å²) in [4.78, 5) is 13.7. The number of carbonyl (C=O) groups excluding carboxylic acids is 1. The molecule has 2 rings (SSSR count). The molecule has 0 saturated carbocycles. The molecular weight excluding hydrogens is 240 g/mol. The van der Waals surface area contributed by atoms with Gasteiger partial charge in [0.05, 0.1) is 6.10 Å². The van der Waals surface area contributed by atoms with Gasteiger partial charge in [-0.1, -0.05) is 18.2 Å². The molecule has 0 bridgehead atoms. The molecule has 0 spiro atoms. The van der Waals surface area contributed by atoms with Gasteiger partial charge in [0.1, 0.15) is 0 Å². The number of nitrogens with two attached hydrogens (primary N) is 1. The zero-order valence-corrected chi connectivity index (χ0v) is 11.4. The largest absolute Gasteiger partial charge is 0.393 e. The molecule has 0 aromatic heterocycles. The number of rotatable bonds is 4. The molecule has 0 radical (unpaired) electrons. The third-order valence-electron chi connectivity index (χ3n) is 3.99. The van der Waals surface area contributed by atoms with Crippen LogP contribution >= 0.6 is 0 Å². The number of benzene rings is 1. The molecule has 1 aliphatic heterocycles. The van der Waals surface area contributed by atoms with Gasteiger partial charge in [-0.3, -0.25) is 9.69 Å². The first-order valence-electron chi connectivity index (χ1n) is 6.86. The van der Waals surface area contributed by atoms with E-state index < -0.39 is 0 Å². The zero-order chi connectivity index (χ0) is 13.8. The van der Waals surface area contributed by atoms with Crippen molar-refractivity contribution in [2.24, 2.45) is 11.7 Å². The van der Waals surface area contributed by atoms with Crippen LogP contribution in [0.5, 0.6) is 0 Å². The molecule has 1 aromatic carbocycles. The lowest BCUT2D eigenvalue weighted by Gasteiger charge is -2.33. The van der Waals surface area contributed by atoms with Gasteiger partial charge < -0.3 is 10.8 Å². The van der Waals surface area contributed by atoms with Crippen molar-refractivity contribution < 1.29 is 9.90 Å². The number of hydrogen-bond donors (Lipinski definition) is 2. The quantitative estimate of drug-likeness (QED) is 0.861. The van der Waals surface area contributed by atoms with E-state index >= 15 is 0 Å². The maximum absolute atomic E-state index is 11.4. The number of amides is 1. The number of piperidine rings is 1. The minimum Gasteiger partial charge on any atom is -0.393 e. The van der Waals surface area contributed by atoms with Gasteiger partial charge in [-0.15, -0.1) is 0 Å². The van der Waals surface area contributed by atoms with Gasteiger partial charge in [-0.2, -0.15) is 0 Å². The Balaban J connectivity index is 1.98. The van der Waals surface area contributed by atoms with Crippen molar-refractivity contribution in [3.8, 4) is 0 Å². The number of likely N-dealkylation sites (tertiary alicyclic amines) is 1. The lowest BCUT2D eigenvalue weighted by molar-refractivity contribution is 0.0694. The third-order valence-corrected chi connectivity index (χ3v) is 3.99. The summed E-state index contributed by atoms with van der Waals surface area (Å²) in [5.74, 6) is 0.0390. The van der Waals surface area contributed by atoms with Gasteiger partial charge in [0.15, 0.2) is 0 Å². The van der Waals surface area contributed by atoms with Gasteiger partial charge in [-0.25, -0.2) is 0 Å². The second-order valence-corrected chi connectivity index (χ2v) is 5.38. The summed E-state index contributed by atoms with van der Waals surface area (Å²) in [5.41, 5.74) is 6.99. The average Bonchev–Trinajstić information content (AvgIpc) is 2.39. The number of primary amides is 1. The molecule has 1 fully saturated rings. The molecular formula is C15H22N2O2. The summed E-state index contributed by atoms with van der Waals surface area (Å²) >= 11 is 0. The number of hydrogen-bond acceptors (Lipinski definition) is 3. The van der Waals surface area contributed by atoms with E-state index in [1.54, 1.807) is 6.07 Å². The molecule has 1 amide bonds. The lowest BCUT2D eigenvalue weighted by atomic mass is 9.92. The fraction of sp³-hybridized carbons (Fsp3) is 0.533. The molecule has 1 saturated heterocycles. The molecule has 1 aromatic rings. The van der Waals surface area contributed by atoms with Gasteiger partial charge in [-0.05, 0) is 50.4 Å². The second-order valence-electron chi connectivity index (χ2n) is 5.38. The molecule has 104 valence electrons. The van der Waals surface area contributed by atoms with E-state index in [4.69, 9.17) is 5.73 Å². The Morgan fingerprint density at radius 3 is 2.63 bits per heavy atom. The molecule has 3 N–H and O–H groups in total. The van der Waals surface area contributed by atoms with Crippen LogP contribution in [0.15, 0.2) is 24.3 Å². The van der Waals surface area contributed by atoms with Crippen LogP contribution in [-0.2, 0) is 6.54 Å². The highest BCUT2D eigenvalue weighted by molar-refractivity contribution is 5.94. The highest BCUT2D eigenvalue weighted by atomic mass is 16.3. The standard InChI is InChI=1S/C15H22N2O2/c1-11(18)12-6-8-17(9-7-12)10-13-4-2-3-5-14(13)15(16)19/h2-5,11-12,18H,6-10H2,1H3,(H2,16,19). The minimum absolute atomic E-state index is 0.222. The van der Waals surface area contributed by atoms with Gasteiger partial charge >= 0.3 is 0 Å². The molecule has 1 unspecified atom stereocenters. The topological polar surface area (TPSA) is 66.6 Å². The summed E-state index contributed by atoms with van der Waals surface area (Å²) in [6.07, 6.45) is 1.80. The normalized spacial score (nSPS) is 19.3. The maximum Gasteiger partial charge on any atom is 0.249 e. The van der Waals surface area contributed by atoms with Gasteiger partial charge in [0.2, 0.25) is 5.91 Å². The van der Waals surface area contributed by atoms with E-state index in [1.807, 2.05) is 25.1 Å². The lowest BCUT2D eigenvalue weighted by Crippen LogP contribution is -2.37. The SMILES string of the molecule is CC(O)C1CCN(Cc2ccccc2C(N)=O)CC1. The summed E-state index contributed by atoms with van der Waals surface area (Å²) in [7, 11) is 0. The van der Waals surface area contributed by atoms with Crippen molar-refractivity contribution in [2.45, 2.75) is 32.4 Å². The molecule has 19 heavy (non-hydrogen) atoms. The highest BCUT2D eigenvalue weighted by Crippen LogP contribution is 2.22. The van der Waals surface area contributed by atoms with Crippen LogP contribution in [0.2, 0.25) is 0 Å². The number of nitrogens with zero attached hydrogens (tertiary/aromatic N) is 1. The van der Waals surface area contributed by atoms with Crippen LogP contribution in [0.4, 0.5) is 0 Å². The predicted octanol–water partition coefficient (Wildman–Crippen LogP) is 1.38. The number of aliphatic hydroxyl groups excluding tert-OH is 1. The van der Waals surface area contributed by atoms with E-state index in [0.717, 1.165) is 38.0 Å². The molecule has 0 aliphatic carbocycles. The van der Waals surface area contributed by atoms with Crippen molar-refractivity contribution in [1.29, 1.82) is 0 Å². The van der Waals surface area contributed by atoms with Crippen molar-refractivity contribution in [1.82, 2.24) is 4.90 Å². The van der Waals surface area contributed by atoms with Crippen LogP contribution in [0.25, 0.3) is 0 Å². The Labute approximate surface area is 114 Å². The first-order valence-corrected chi connectivity index (χ1v) is 6.86. The number of carbonyl (C=O) groups is 1. The van der Waals surface area contributed by atoms with Crippen molar-refractivity contribution in [2.75, 3.05) is 13.1 Å². The molecule has 4 heteroatoms. The van der Waals surface area contributed by atoms with E-state index in [0.29, 0.717) is 11.5 Å². The summed E-state index contributed by atoms with van der Waals surface area (Å²) in [6.45, 7) is 4.54. The predicted molar refractivity (Wildman–Crippen MR) is 74.6 cm³/mol. The van der Waals surface area contributed by atoms with Crippen LogP contribution < -0.4 is 5.73 Å².